The van der Waals surface area contributed by atoms with Crippen LogP contribution in [0.4, 0.5) is 0 Å². The molecule has 0 saturated carbocycles. The molecule has 0 bridgehead atoms. The molecule has 2 unspecified atom stereocenters. The molecule has 0 spiro atoms. The summed E-state index contributed by atoms with van der Waals surface area (Å²) in [5.74, 6) is 1.26. The topological polar surface area (TPSA) is 52.0 Å². The molecule has 0 aliphatic rings. The summed E-state index contributed by atoms with van der Waals surface area (Å²) in [6.45, 7) is 4.29. The number of furan rings is 1. The molecule has 3 nitrogen and oxygen atoms in total. The van der Waals surface area contributed by atoms with E-state index in [1.54, 1.807) is 17.6 Å². The molecule has 86 valence electrons. The molecule has 0 fully saturated rings. The maximum atomic E-state index is 6.13. The number of hydrogen-bond donors (Lipinski definition) is 1. The maximum Gasteiger partial charge on any atom is 0.162 e. The molecule has 0 aliphatic carbocycles. The van der Waals surface area contributed by atoms with Gasteiger partial charge in [-0.05, 0) is 18.1 Å². The third-order valence-electron chi connectivity index (χ3n) is 2.85. The van der Waals surface area contributed by atoms with Gasteiger partial charge in [-0.3, -0.25) is 0 Å². The predicted molar refractivity (Wildman–Crippen MR) is 66.2 cm³/mol. The first kappa shape index (κ1) is 11.4. The molecule has 2 aromatic rings. The van der Waals surface area contributed by atoms with Crippen molar-refractivity contribution in [2.75, 3.05) is 0 Å². The smallest absolute Gasteiger partial charge is 0.162 e. The minimum atomic E-state index is 0.0185. The first-order valence-corrected chi connectivity index (χ1v) is 6.35. The fraction of sp³-hybridized carbons (Fsp3) is 0.417. The van der Waals surface area contributed by atoms with Crippen LogP contribution >= 0.6 is 11.3 Å². The lowest BCUT2D eigenvalue weighted by Gasteiger charge is -2.15. The van der Waals surface area contributed by atoms with E-state index in [0.29, 0.717) is 5.92 Å². The standard InChI is InChI=1S/C12H16N2OS/c1-3-8(2)11(13)9-7-16-12(14-9)10-5-4-6-15-10/h4-8,11H,3,13H2,1-2H3. The molecule has 2 N–H and O–H groups in total. The highest BCUT2D eigenvalue weighted by Crippen LogP contribution is 2.28. The summed E-state index contributed by atoms with van der Waals surface area (Å²) in [5.41, 5.74) is 7.09. The van der Waals surface area contributed by atoms with Crippen LogP contribution in [-0.4, -0.2) is 4.98 Å². The van der Waals surface area contributed by atoms with Crippen molar-refractivity contribution in [2.24, 2.45) is 11.7 Å². The SMILES string of the molecule is CCC(C)C(N)c1csc(-c2ccco2)n1. The van der Waals surface area contributed by atoms with Gasteiger partial charge in [-0.1, -0.05) is 20.3 Å². The summed E-state index contributed by atoms with van der Waals surface area (Å²) in [7, 11) is 0. The Balaban J connectivity index is 2.20. The number of thiazole rings is 1. The second-order valence-electron chi connectivity index (χ2n) is 3.97. The molecule has 0 saturated heterocycles. The highest BCUT2D eigenvalue weighted by atomic mass is 32.1. The van der Waals surface area contributed by atoms with Crippen molar-refractivity contribution in [3.8, 4) is 10.8 Å². The van der Waals surface area contributed by atoms with Crippen molar-refractivity contribution < 1.29 is 4.42 Å². The number of nitrogens with zero attached hydrogens (tertiary/aromatic N) is 1. The van der Waals surface area contributed by atoms with Gasteiger partial charge in [0.05, 0.1) is 18.0 Å². The van der Waals surface area contributed by atoms with E-state index in [0.717, 1.165) is 22.9 Å². The molecule has 2 heterocycles. The van der Waals surface area contributed by atoms with Gasteiger partial charge in [0.1, 0.15) is 0 Å². The molecule has 0 amide bonds. The van der Waals surface area contributed by atoms with Gasteiger partial charge in [0.2, 0.25) is 0 Å². The Morgan fingerprint density at radius 2 is 2.38 bits per heavy atom. The van der Waals surface area contributed by atoms with E-state index in [4.69, 9.17) is 10.2 Å². The molecule has 16 heavy (non-hydrogen) atoms. The van der Waals surface area contributed by atoms with Gasteiger partial charge in [0, 0.05) is 5.38 Å². The number of aromatic nitrogens is 1. The Kier molecular flexibility index (Phi) is 3.41. The lowest BCUT2D eigenvalue weighted by Crippen LogP contribution is -2.18. The van der Waals surface area contributed by atoms with Gasteiger partial charge >= 0.3 is 0 Å². The average Bonchev–Trinajstić information content (AvgIpc) is 2.96. The molecule has 4 heteroatoms. The van der Waals surface area contributed by atoms with Crippen LogP contribution in [0.5, 0.6) is 0 Å². The average molecular weight is 236 g/mol. The highest BCUT2D eigenvalue weighted by molar-refractivity contribution is 7.13. The van der Waals surface area contributed by atoms with Crippen molar-refractivity contribution in [1.82, 2.24) is 4.98 Å². The Morgan fingerprint density at radius 3 is 3.00 bits per heavy atom. The quantitative estimate of drug-likeness (QED) is 0.884. The zero-order chi connectivity index (χ0) is 11.5. The third kappa shape index (κ3) is 2.18. The summed E-state index contributed by atoms with van der Waals surface area (Å²) in [6, 6.07) is 3.80. The summed E-state index contributed by atoms with van der Waals surface area (Å²) in [4.78, 5) is 4.52. The van der Waals surface area contributed by atoms with Gasteiger partial charge in [-0.15, -0.1) is 11.3 Å². The Labute approximate surface area is 99.3 Å². The second-order valence-corrected chi connectivity index (χ2v) is 4.82. The van der Waals surface area contributed by atoms with E-state index in [-0.39, 0.29) is 6.04 Å². The molecule has 2 rings (SSSR count). The maximum absolute atomic E-state index is 6.13. The number of hydrogen-bond acceptors (Lipinski definition) is 4. The van der Waals surface area contributed by atoms with E-state index in [2.05, 4.69) is 18.8 Å². The largest absolute Gasteiger partial charge is 0.462 e. The first-order chi connectivity index (χ1) is 7.72. The van der Waals surface area contributed by atoms with E-state index >= 15 is 0 Å². The Bertz CT molecular complexity index is 436. The minimum Gasteiger partial charge on any atom is -0.462 e. The van der Waals surface area contributed by atoms with Crippen LogP contribution in [-0.2, 0) is 0 Å². The van der Waals surface area contributed by atoms with Crippen molar-refractivity contribution >= 4 is 11.3 Å². The zero-order valence-electron chi connectivity index (χ0n) is 9.51. The molecule has 0 aromatic carbocycles. The fourth-order valence-corrected chi connectivity index (χ4v) is 2.33. The van der Waals surface area contributed by atoms with Crippen molar-refractivity contribution in [1.29, 1.82) is 0 Å². The van der Waals surface area contributed by atoms with Crippen LogP contribution < -0.4 is 5.73 Å². The lowest BCUT2D eigenvalue weighted by atomic mass is 9.98. The van der Waals surface area contributed by atoms with Crippen LogP contribution in [0.25, 0.3) is 10.8 Å². The molecule has 0 radical (unpaired) electrons. The van der Waals surface area contributed by atoms with Crippen LogP contribution in [0.1, 0.15) is 32.0 Å². The van der Waals surface area contributed by atoms with E-state index < -0.39 is 0 Å². The fourth-order valence-electron chi connectivity index (χ4n) is 1.50. The van der Waals surface area contributed by atoms with Gasteiger partial charge in [-0.2, -0.15) is 0 Å². The van der Waals surface area contributed by atoms with Gasteiger partial charge < -0.3 is 10.2 Å². The van der Waals surface area contributed by atoms with Crippen molar-refractivity contribution in [3.05, 3.63) is 29.5 Å². The Hall–Kier alpha value is -1.13. The van der Waals surface area contributed by atoms with Crippen molar-refractivity contribution in [3.63, 3.8) is 0 Å². The minimum absolute atomic E-state index is 0.0185. The van der Waals surface area contributed by atoms with Crippen LogP contribution in [0.15, 0.2) is 28.2 Å². The molecular formula is C12H16N2OS. The van der Waals surface area contributed by atoms with Gasteiger partial charge in [0.15, 0.2) is 10.8 Å². The van der Waals surface area contributed by atoms with Crippen LogP contribution in [0.3, 0.4) is 0 Å². The van der Waals surface area contributed by atoms with E-state index in [1.165, 1.54) is 0 Å². The molecule has 2 aromatic heterocycles. The Morgan fingerprint density at radius 1 is 1.56 bits per heavy atom. The highest BCUT2D eigenvalue weighted by Gasteiger charge is 2.17. The summed E-state index contributed by atoms with van der Waals surface area (Å²) in [5, 5.41) is 2.92. The van der Waals surface area contributed by atoms with Crippen molar-refractivity contribution in [2.45, 2.75) is 26.3 Å². The number of nitrogens with two attached hydrogens (primary N) is 1. The third-order valence-corrected chi connectivity index (χ3v) is 3.73. The van der Waals surface area contributed by atoms with Gasteiger partial charge in [0.25, 0.3) is 0 Å². The lowest BCUT2D eigenvalue weighted by molar-refractivity contribution is 0.450. The van der Waals surface area contributed by atoms with Crippen LogP contribution in [0.2, 0.25) is 0 Å². The summed E-state index contributed by atoms with van der Waals surface area (Å²) in [6.07, 6.45) is 2.72. The summed E-state index contributed by atoms with van der Waals surface area (Å²) >= 11 is 1.58. The molecule has 2 atom stereocenters. The summed E-state index contributed by atoms with van der Waals surface area (Å²) < 4.78 is 5.31. The van der Waals surface area contributed by atoms with Gasteiger partial charge in [-0.25, -0.2) is 4.98 Å². The predicted octanol–water partition coefficient (Wildman–Crippen LogP) is 3.45. The monoisotopic (exact) mass is 236 g/mol. The first-order valence-electron chi connectivity index (χ1n) is 5.47. The van der Waals surface area contributed by atoms with E-state index in [1.807, 2.05) is 17.5 Å². The zero-order valence-corrected chi connectivity index (χ0v) is 10.3. The molecule has 0 aliphatic heterocycles. The second kappa shape index (κ2) is 4.80. The number of rotatable bonds is 4. The normalized spacial score (nSPS) is 14.9. The molecular weight excluding hydrogens is 220 g/mol. The van der Waals surface area contributed by atoms with E-state index in [9.17, 15) is 0 Å². The van der Waals surface area contributed by atoms with Crippen LogP contribution in [0, 0.1) is 5.92 Å².